The lowest BCUT2D eigenvalue weighted by Crippen LogP contribution is -2.30. The molecule has 19 heavy (non-hydrogen) atoms. The van der Waals surface area contributed by atoms with Crippen LogP contribution in [0.5, 0.6) is 0 Å². The summed E-state index contributed by atoms with van der Waals surface area (Å²) < 4.78 is 0. The molecule has 0 aliphatic carbocycles. The molecule has 0 saturated heterocycles. The lowest BCUT2D eigenvalue weighted by Gasteiger charge is -2.32. The molecule has 0 aromatic heterocycles. The van der Waals surface area contributed by atoms with Gasteiger partial charge in [-0.25, -0.2) is 4.99 Å². The van der Waals surface area contributed by atoms with Crippen molar-refractivity contribution in [1.82, 2.24) is 0 Å². The summed E-state index contributed by atoms with van der Waals surface area (Å²) in [7, 11) is 0. The third-order valence-electron chi connectivity index (χ3n) is 3.67. The van der Waals surface area contributed by atoms with E-state index < -0.39 is 0 Å². The van der Waals surface area contributed by atoms with Gasteiger partial charge < -0.3 is 0 Å². The minimum atomic E-state index is -0.117. The van der Waals surface area contributed by atoms with E-state index in [1.807, 2.05) is 12.1 Å². The number of benzene rings is 2. The van der Waals surface area contributed by atoms with E-state index in [9.17, 15) is 0 Å². The fourth-order valence-electron chi connectivity index (χ4n) is 2.55. The zero-order valence-corrected chi connectivity index (χ0v) is 11.9. The summed E-state index contributed by atoms with van der Waals surface area (Å²) in [6, 6.07) is 21.0. The smallest absolute Gasteiger partial charge is 0.0630 e. The van der Waals surface area contributed by atoms with Gasteiger partial charge in [0.15, 0.2) is 0 Å². The second kappa shape index (κ2) is 6.42. The van der Waals surface area contributed by atoms with Gasteiger partial charge in [0.05, 0.1) is 11.7 Å². The Morgan fingerprint density at radius 3 is 1.79 bits per heavy atom. The summed E-state index contributed by atoms with van der Waals surface area (Å²) >= 11 is 4.75. The minimum absolute atomic E-state index is 0.117. The van der Waals surface area contributed by atoms with Gasteiger partial charge in [0.2, 0.25) is 0 Å². The summed E-state index contributed by atoms with van der Waals surface area (Å²) in [6.07, 6.45) is 0.974. The molecule has 2 heteroatoms. The zero-order chi connectivity index (χ0) is 13.6. The van der Waals surface area contributed by atoms with Gasteiger partial charge in [0.1, 0.15) is 0 Å². The average Bonchev–Trinajstić information content (AvgIpc) is 2.51. The maximum Gasteiger partial charge on any atom is 0.0630 e. The zero-order valence-electron chi connectivity index (χ0n) is 11.0. The van der Waals surface area contributed by atoms with Crippen molar-refractivity contribution >= 4 is 17.4 Å². The Kier molecular flexibility index (Phi) is 4.62. The summed E-state index contributed by atoms with van der Waals surface area (Å²) in [5, 5.41) is 2.51. The van der Waals surface area contributed by atoms with Gasteiger partial charge in [-0.2, -0.15) is 0 Å². The van der Waals surface area contributed by atoms with E-state index in [-0.39, 0.29) is 5.41 Å². The Labute approximate surface area is 120 Å². The molecule has 0 radical (unpaired) electrons. The lowest BCUT2D eigenvalue weighted by molar-refractivity contribution is 0.510. The van der Waals surface area contributed by atoms with Crippen molar-refractivity contribution in [2.75, 3.05) is 6.54 Å². The summed E-state index contributed by atoms with van der Waals surface area (Å²) in [4.78, 5) is 4.23. The molecule has 0 aliphatic rings. The molecule has 0 bridgehead atoms. The first-order valence-electron chi connectivity index (χ1n) is 6.48. The highest BCUT2D eigenvalue weighted by molar-refractivity contribution is 7.78. The van der Waals surface area contributed by atoms with E-state index in [4.69, 9.17) is 12.2 Å². The fraction of sp³-hybridized carbons (Fsp3) is 0.235. The largest absolute Gasteiger partial charge is 0.231 e. The average molecular weight is 267 g/mol. The molecule has 0 atom stereocenters. The molecule has 0 aliphatic heterocycles. The SMILES string of the molecule is CCC(CN=C=S)(c1ccccc1)c1ccccc1. The Balaban J connectivity index is 2.58. The molecule has 0 heterocycles. The molecular formula is C17H17NS. The maximum absolute atomic E-state index is 4.75. The van der Waals surface area contributed by atoms with Crippen LogP contribution in [0, 0.1) is 0 Å². The number of isothiocyanates is 1. The van der Waals surface area contributed by atoms with Crippen LogP contribution in [0.1, 0.15) is 24.5 Å². The van der Waals surface area contributed by atoms with Crippen molar-refractivity contribution in [1.29, 1.82) is 0 Å². The second-order valence-corrected chi connectivity index (χ2v) is 4.76. The van der Waals surface area contributed by atoms with Gasteiger partial charge in [-0.15, -0.1) is 0 Å². The van der Waals surface area contributed by atoms with Crippen LogP contribution in [0.4, 0.5) is 0 Å². The van der Waals surface area contributed by atoms with E-state index in [2.05, 4.69) is 65.6 Å². The Hall–Kier alpha value is -1.76. The normalized spacial score (nSPS) is 10.8. The van der Waals surface area contributed by atoms with Gasteiger partial charge in [0, 0.05) is 5.41 Å². The number of nitrogens with zero attached hydrogens (tertiary/aromatic N) is 1. The summed E-state index contributed by atoms with van der Waals surface area (Å²) in [5.74, 6) is 0. The second-order valence-electron chi connectivity index (χ2n) is 4.58. The van der Waals surface area contributed by atoms with E-state index in [1.165, 1.54) is 11.1 Å². The van der Waals surface area contributed by atoms with Crippen molar-refractivity contribution in [3.63, 3.8) is 0 Å². The number of aliphatic imine (C=N–C) groups is 1. The van der Waals surface area contributed by atoms with Crippen molar-refractivity contribution in [2.24, 2.45) is 4.99 Å². The standard InChI is InChI=1S/C17H17NS/c1-2-17(13-18-14-19,15-9-5-3-6-10-15)16-11-7-4-8-12-16/h3-12H,2,13H2,1H3. The maximum atomic E-state index is 4.75. The molecule has 2 rings (SSSR count). The molecule has 0 unspecified atom stereocenters. The van der Waals surface area contributed by atoms with Crippen molar-refractivity contribution in [3.8, 4) is 0 Å². The first-order valence-corrected chi connectivity index (χ1v) is 6.89. The third-order valence-corrected chi connectivity index (χ3v) is 3.80. The van der Waals surface area contributed by atoms with Crippen LogP contribution in [-0.2, 0) is 5.41 Å². The highest BCUT2D eigenvalue weighted by Gasteiger charge is 2.31. The van der Waals surface area contributed by atoms with Crippen LogP contribution in [-0.4, -0.2) is 11.7 Å². The fourth-order valence-corrected chi connectivity index (χ4v) is 2.62. The molecule has 0 fully saturated rings. The van der Waals surface area contributed by atoms with Gasteiger partial charge in [-0.05, 0) is 29.8 Å². The van der Waals surface area contributed by atoms with E-state index >= 15 is 0 Å². The molecule has 0 amide bonds. The van der Waals surface area contributed by atoms with Gasteiger partial charge in [0.25, 0.3) is 0 Å². The third kappa shape index (κ3) is 2.81. The van der Waals surface area contributed by atoms with E-state index in [0.29, 0.717) is 6.54 Å². The van der Waals surface area contributed by atoms with Crippen molar-refractivity contribution in [3.05, 3.63) is 71.8 Å². The number of rotatable bonds is 5. The molecular weight excluding hydrogens is 250 g/mol. The Morgan fingerprint density at radius 1 is 0.947 bits per heavy atom. The van der Waals surface area contributed by atoms with Crippen molar-refractivity contribution < 1.29 is 0 Å². The lowest BCUT2D eigenvalue weighted by atomic mass is 9.72. The van der Waals surface area contributed by atoms with E-state index in [1.54, 1.807) is 0 Å². The van der Waals surface area contributed by atoms with Crippen LogP contribution >= 0.6 is 12.2 Å². The first-order chi connectivity index (χ1) is 9.33. The molecule has 2 aromatic carbocycles. The monoisotopic (exact) mass is 267 g/mol. The van der Waals surface area contributed by atoms with Gasteiger partial charge >= 0.3 is 0 Å². The molecule has 0 N–H and O–H groups in total. The van der Waals surface area contributed by atoms with Crippen LogP contribution in [0.2, 0.25) is 0 Å². The molecule has 0 spiro atoms. The highest BCUT2D eigenvalue weighted by atomic mass is 32.1. The molecule has 1 nitrogen and oxygen atoms in total. The topological polar surface area (TPSA) is 12.4 Å². The highest BCUT2D eigenvalue weighted by Crippen LogP contribution is 2.35. The quantitative estimate of drug-likeness (QED) is 0.574. The van der Waals surface area contributed by atoms with Crippen molar-refractivity contribution in [2.45, 2.75) is 18.8 Å². The van der Waals surface area contributed by atoms with Crippen LogP contribution in [0.3, 0.4) is 0 Å². The Morgan fingerprint density at radius 2 is 1.42 bits per heavy atom. The predicted octanol–water partition coefficient (Wildman–Crippen LogP) is 4.49. The summed E-state index contributed by atoms with van der Waals surface area (Å²) in [6.45, 7) is 2.83. The minimum Gasteiger partial charge on any atom is -0.231 e. The number of hydrogen-bond acceptors (Lipinski definition) is 2. The predicted molar refractivity (Wildman–Crippen MR) is 83.8 cm³/mol. The van der Waals surface area contributed by atoms with Gasteiger partial charge in [-0.1, -0.05) is 67.6 Å². The molecule has 0 saturated carbocycles. The van der Waals surface area contributed by atoms with Crippen LogP contribution in [0.15, 0.2) is 65.7 Å². The van der Waals surface area contributed by atoms with Gasteiger partial charge in [-0.3, -0.25) is 0 Å². The van der Waals surface area contributed by atoms with Crippen LogP contribution in [0.25, 0.3) is 0 Å². The Bertz CT molecular complexity index is 517. The molecule has 96 valence electrons. The van der Waals surface area contributed by atoms with E-state index in [0.717, 1.165) is 6.42 Å². The summed E-state index contributed by atoms with van der Waals surface area (Å²) in [5.41, 5.74) is 2.43. The molecule has 2 aromatic rings. The van der Waals surface area contributed by atoms with Crippen LogP contribution < -0.4 is 0 Å². The first kappa shape index (κ1) is 13.7. The number of hydrogen-bond donors (Lipinski definition) is 0. The number of thiocarbonyl (C=S) groups is 1.